The zero-order valence-corrected chi connectivity index (χ0v) is 12.3. The summed E-state index contributed by atoms with van der Waals surface area (Å²) in [5.41, 5.74) is 0. The van der Waals surface area contributed by atoms with Crippen LogP contribution in [0.25, 0.3) is 0 Å². The molecule has 106 valence electrons. The number of ether oxygens (including phenoxy) is 1. The molecule has 2 aromatic rings. The molecule has 1 saturated heterocycles. The Kier molecular flexibility index (Phi) is 4.11. The summed E-state index contributed by atoms with van der Waals surface area (Å²) >= 11 is 1.54. The smallest absolute Gasteiger partial charge is 0.273 e. The van der Waals surface area contributed by atoms with Gasteiger partial charge in [-0.1, -0.05) is 11.3 Å². The summed E-state index contributed by atoms with van der Waals surface area (Å²) in [6, 6.07) is 1.98. The molecule has 3 rings (SSSR count). The van der Waals surface area contributed by atoms with E-state index in [1.807, 2.05) is 24.6 Å². The molecule has 1 aliphatic heterocycles. The van der Waals surface area contributed by atoms with E-state index in [9.17, 15) is 0 Å². The van der Waals surface area contributed by atoms with Crippen LogP contribution < -0.4 is 9.64 Å². The van der Waals surface area contributed by atoms with Crippen LogP contribution in [0.2, 0.25) is 0 Å². The highest BCUT2D eigenvalue weighted by molar-refractivity contribution is 7.11. The molecule has 0 amide bonds. The van der Waals surface area contributed by atoms with E-state index in [2.05, 4.69) is 19.9 Å². The maximum atomic E-state index is 5.74. The number of hydrogen-bond acceptors (Lipinski definition) is 6. The van der Waals surface area contributed by atoms with Gasteiger partial charge < -0.3 is 9.64 Å². The van der Waals surface area contributed by atoms with Crippen molar-refractivity contribution in [3.8, 4) is 5.19 Å². The van der Waals surface area contributed by atoms with E-state index >= 15 is 0 Å². The predicted molar refractivity (Wildman–Crippen MR) is 79.3 cm³/mol. The number of hydrogen-bond donors (Lipinski definition) is 0. The molecule has 0 aliphatic carbocycles. The van der Waals surface area contributed by atoms with Crippen molar-refractivity contribution in [3.05, 3.63) is 29.7 Å². The number of anilines is 1. The second-order valence-electron chi connectivity index (χ2n) is 5.03. The normalized spacial score (nSPS) is 19.1. The number of rotatable bonds is 4. The minimum Gasteiger partial charge on any atom is -0.470 e. The van der Waals surface area contributed by atoms with Crippen LogP contribution >= 0.6 is 11.3 Å². The van der Waals surface area contributed by atoms with Crippen LogP contribution in [0, 0.1) is 12.8 Å². The molecule has 0 radical (unpaired) electrons. The van der Waals surface area contributed by atoms with Gasteiger partial charge in [-0.05, 0) is 25.8 Å². The highest BCUT2D eigenvalue weighted by Gasteiger charge is 2.21. The maximum Gasteiger partial charge on any atom is 0.273 e. The van der Waals surface area contributed by atoms with Gasteiger partial charge in [-0.2, -0.15) is 0 Å². The Bertz CT molecular complexity index is 546. The lowest BCUT2D eigenvalue weighted by Crippen LogP contribution is -2.38. The van der Waals surface area contributed by atoms with Crippen molar-refractivity contribution < 1.29 is 4.74 Å². The summed E-state index contributed by atoms with van der Waals surface area (Å²) in [6.45, 7) is 4.70. The molecule has 0 saturated carbocycles. The first kappa shape index (κ1) is 13.3. The summed E-state index contributed by atoms with van der Waals surface area (Å²) in [5.74, 6) is 2.38. The SMILES string of the molecule is Cc1nccc(N2CCCC(COc3nccs3)C2)n1. The second kappa shape index (κ2) is 6.17. The first-order valence-electron chi connectivity index (χ1n) is 6.88. The van der Waals surface area contributed by atoms with E-state index in [4.69, 9.17) is 4.74 Å². The molecule has 3 heterocycles. The fourth-order valence-electron chi connectivity index (χ4n) is 2.50. The summed E-state index contributed by atoms with van der Waals surface area (Å²) in [5, 5.41) is 2.70. The van der Waals surface area contributed by atoms with Crippen molar-refractivity contribution >= 4 is 17.2 Å². The van der Waals surface area contributed by atoms with Gasteiger partial charge in [0.25, 0.3) is 5.19 Å². The number of aromatic nitrogens is 3. The molecule has 0 aromatic carbocycles. The first-order chi connectivity index (χ1) is 9.81. The Labute approximate surface area is 122 Å². The highest BCUT2D eigenvalue weighted by Crippen LogP contribution is 2.23. The van der Waals surface area contributed by atoms with Crippen LogP contribution in [0.3, 0.4) is 0 Å². The van der Waals surface area contributed by atoms with Crippen molar-refractivity contribution in [1.82, 2.24) is 15.0 Å². The molecule has 1 unspecified atom stereocenters. The summed E-state index contributed by atoms with van der Waals surface area (Å²) in [4.78, 5) is 15.1. The lowest BCUT2D eigenvalue weighted by atomic mass is 9.99. The van der Waals surface area contributed by atoms with Gasteiger partial charge in [-0.3, -0.25) is 0 Å². The number of piperidine rings is 1. The fourth-order valence-corrected chi connectivity index (χ4v) is 3.00. The Morgan fingerprint density at radius 3 is 3.15 bits per heavy atom. The average molecular weight is 290 g/mol. The zero-order valence-electron chi connectivity index (χ0n) is 11.5. The molecule has 0 spiro atoms. The van der Waals surface area contributed by atoms with Crippen LogP contribution in [0.5, 0.6) is 5.19 Å². The number of aryl methyl sites for hydroxylation is 1. The minimum atomic E-state index is 0.530. The van der Waals surface area contributed by atoms with E-state index in [1.54, 1.807) is 17.5 Å². The van der Waals surface area contributed by atoms with Crippen molar-refractivity contribution in [2.24, 2.45) is 5.92 Å². The standard InChI is InChI=1S/C14H18N4OS/c1-11-15-5-4-13(17-11)18-7-2-3-12(9-18)10-19-14-16-6-8-20-14/h4-6,8,12H,2-3,7,9-10H2,1H3. The van der Waals surface area contributed by atoms with E-state index < -0.39 is 0 Å². The monoisotopic (exact) mass is 290 g/mol. The summed E-state index contributed by atoms with van der Waals surface area (Å²) < 4.78 is 5.74. The van der Waals surface area contributed by atoms with Crippen LogP contribution in [-0.4, -0.2) is 34.6 Å². The Balaban J connectivity index is 1.59. The lowest BCUT2D eigenvalue weighted by molar-refractivity contribution is 0.227. The molecular formula is C14H18N4OS. The topological polar surface area (TPSA) is 51.1 Å². The molecule has 1 aliphatic rings. The van der Waals surface area contributed by atoms with Crippen LogP contribution in [0.15, 0.2) is 23.8 Å². The minimum absolute atomic E-state index is 0.530. The van der Waals surface area contributed by atoms with Gasteiger partial charge in [0.05, 0.1) is 6.61 Å². The molecule has 1 atom stereocenters. The Morgan fingerprint density at radius 1 is 1.40 bits per heavy atom. The van der Waals surface area contributed by atoms with Crippen molar-refractivity contribution in [1.29, 1.82) is 0 Å². The lowest BCUT2D eigenvalue weighted by Gasteiger charge is -2.33. The van der Waals surface area contributed by atoms with Crippen LogP contribution in [-0.2, 0) is 0 Å². The zero-order chi connectivity index (χ0) is 13.8. The Hall–Kier alpha value is -1.69. The van der Waals surface area contributed by atoms with Crippen molar-refractivity contribution in [2.45, 2.75) is 19.8 Å². The molecule has 20 heavy (non-hydrogen) atoms. The largest absolute Gasteiger partial charge is 0.470 e. The van der Waals surface area contributed by atoms with Gasteiger partial charge in [-0.15, -0.1) is 0 Å². The Morgan fingerprint density at radius 2 is 2.35 bits per heavy atom. The van der Waals surface area contributed by atoms with Gasteiger partial charge >= 0.3 is 0 Å². The van der Waals surface area contributed by atoms with Gasteiger partial charge in [0.2, 0.25) is 0 Å². The number of thiazole rings is 1. The van der Waals surface area contributed by atoms with Crippen LogP contribution in [0.1, 0.15) is 18.7 Å². The van der Waals surface area contributed by atoms with E-state index in [0.717, 1.165) is 36.5 Å². The molecule has 1 fully saturated rings. The highest BCUT2D eigenvalue weighted by atomic mass is 32.1. The van der Waals surface area contributed by atoms with Crippen LogP contribution in [0.4, 0.5) is 5.82 Å². The maximum absolute atomic E-state index is 5.74. The van der Waals surface area contributed by atoms with Crippen molar-refractivity contribution in [3.63, 3.8) is 0 Å². The third-order valence-electron chi connectivity index (χ3n) is 3.46. The molecule has 5 nitrogen and oxygen atoms in total. The van der Waals surface area contributed by atoms with E-state index in [-0.39, 0.29) is 0 Å². The molecule has 0 N–H and O–H groups in total. The van der Waals surface area contributed by atoms with Gasteiger partial charge in [0.1, 0.15) is 11.6 Å². The van der Waals surface area contributed by atoms with E-state index in [0.29, 0.717) is 5.92 Å². The molecule has 2 aromatic heterocycles. The van der Waals surface area contributed by atoms with E-state index in [1.165, 1.54) is 12.8 Å². The first-order valence-corrected chi connectivity index (χ1v) is 7.76. The third kappa shape index (κ3) is 3.25. The molecule has 6 heteroatoms. The van der Waals surface area contributed by atoms with Gasteiger partial charge in [0.15, 0.2) is 0 Å². The third-order valence-corrected chi connectivity index (χ3v) is 4.14. The number of nitrogens with zero attached hydrogens (tertiary/aromatic N) is 4. The van der Waals surface area contributed by atoms with Gasteiger partial charge in [-0.25, -0.2) is 15.0 Å². The van der Waals surface area contributed by atoms with Crippen molar-refractivity contribution in [2.75, 3.05) is 24.6 Å². The summed E-state index contributed by atoms with van der Waals surface area (Å²) in [7, 11) is 0. The predicted octanol–water partition coefficient (Wildman–Crippen LogP) is 2.54. The second-order valence-corrected chi connectivity index (χ2v) is 5.88. The van der Waals surface area contributed by atoms with Gasteiger partial charge in [0, 0.05) is 36.8 Å². The quantitative estimate of drug-likeness (QED) is 0.866. The summed E-state index contributed by atoms with van der Waals surface area (Å²) in [6.07, 6.45) is 5.98. The molecular weight excluding hydrogens is 272 g/mol. The molecule has 0 bridgehead atoms. The average Bonchev–Trinajstić information content (AvgIpc) is 2.99. The fraction of sp³-hybridized carbons (Fsp3) is 0.500.